The van der Waals surface area contributed by atoms with Crippen LogP contribution in [-0.4, -0.2) is 34.9 Å². The topological polar surface area (TPSA) is 82.4 Å². The SMILES string of the molecule is CCOc1ccc(NC(=O)COC(=O)c2c(C)nn(Cc3ccc(C)cc3)c2C)cc1. The Morgan fingerprint density at radius 3 is 2.32 bits per heavy atom. The normalized spacial score (nSPS) is 10.6. The summed E-state index contributed by atoms with van der Waals surface area (Å²) in [6.45, 7) is 8.27. The van der Waals surface area contributed by atoms with Crippen LogP contribution in [0.1, 0.15) is 39.8 Å². The number of nitrogens with zero attached hydrogens (tertiary/aromatic N) is 2. The molecule has 0 atom stereocenters. The zero-order valence-electron chi connectivity index (χ0n) is 18.3. The minimum atomic E-state index is -0.563. The Balaban J connectivity index is 1.59. The molecular formula is C24H27N3O4. The van der Waals surface area contributed by atoms with E-state index in [-0.39, 0.29) is 6.61 Å². The lowest BCUT2D eigenvalue weighted by Crippen LogP contribution is -2.21. The molecule has 3 aromatic rings. The molecule has 7 heteroatoms. The van der Waals surface area contributed by atoms with Gasteiger partial charge in [-0.05, 0) is 57.5 Å². The van der Waals surface area contributed by atoms with E-state index in [0.717, 1.165) is 11.3 Å². The van der Waals surface area contributed by atoms with Crippen LogP contribution in [0.2, 0.25) is 0 Å². The third kappa shape index (κ3) is 5.72. The molecule has 1 amide bonds. The van der Waals surface area contributed by atoms with Crippen molar-refractivity contribution in [3.8, 4) is 5.75 Å². The Morgan fingerprint density at radius 1 is 1.00 bits per heavy atom. The summed E-state index contributed by atoms with van der Waals surface area (Å²) in [6, 6.07) is 15.1. The summed E-state index contributed by atoms with van der Waals surface area (Å²) < 4.78 is 12.4. The van der Waals surface area contributed by atoms with Crippen molar-refractivity contribution in [2.75, 3.05) is 18.5 Å². The summed E-state index contributed by atoms with van der Waals surface area (Å²) in [5.74, 6) is -0.257. The second-order valence-electron chi connectivity index (χ2n) is 7.27. The van der Waals surface area contributed by atoms with Gasteiger partial charge in [-0.1, -0.05) is 29.8 Å². The average Bonchev–Trinajstić information content (AvgIpc) is 3.02. The summed E-state index contributed by atoms with van der Waals surface area (Å²) in [7, 11) is 0. The van der Waals surface area contributed by atoms with Crippen LogP contribution >= 0.6 is 0 Å². The average molecular weight is 421 g/mol. The number of hydrogen-bond donors (Lipinski definition) is 1. The standard InChI is InChI=1S/C24H27N3O4/c1-5-30-21-12-10-20(11-13-21)25-22(28)15-31-24(29)23-17(3)26-27(18(23)4)14-19-8-6-16(2)7-9-19/h6-13H,5,14-15H2,1-4H3,(H,25,28). The first-order chi connectivity index (χ1) is 14.9. The van der Waals surface area contributed by atoms with Crippen LogP contribution in [0.5, 0.6) is 5.75 Å². The molecule has 0 aliphatic carbocycles. The zero-order chi connectivity index (χ0) is 22.4. The lowest BCUT2D eigenvalue weighted by atomic mass is 10.1. The maximum Gasteiger partial charge on any atom is 0.342 e. The van der Waals surface area contributed by atoms with Crippen LogP contribution in [0.25, 0.3) is 0 Å². The molecule has 0 saturated carbocycles. The van der Waals surface area contributed by atoms with Crippen molar-refractivity contribution in [3.63, 3.8) is 0 Å². The lowest BCUT2D eigenvalue weighted by molar-refractivity contribution is -0.119. The number of rotatable bonds is 8. The van der Waals surface area contributed by atoms with Crippen molar-refractivity contribution in [2.45, 2.75) is 34.2 Å². The van der Waals surface area contributed by atoms with Crippen molar-refractivity contribution >= 4 is 17.6 Å². The van der Waals surface area contributed by atoms with Gasteiger partial charge in [0.25, 0.3) is 5.91 Å². The van der Waals surface area contributed by atoms with E-state index < -0.39 is 11.9 Å². The molecule has 0 fully saturated rings. The van der Waals surface area contributed by atoms with Gasteiger partial charge in [-0.2, -0.15) is 5.10 Å². The van der Waals surface area contributed by atoms with Gasteiger partial charge in [-0.15, -0.1) is 0 Å². The number of aryl methyl sites for hydroxylation is 2. The Labute approximate surface area is 182 Å². The molecule has 0 spiro atoms. The summed E-state index contributed by atoms with van der Waals surface area (Å²) >= 11 is 0. The minimum Gasteiger partial charge on any atom is -0.494 e. The highest BCUT2D eigenvalue weighted by atomic mass is 16.5. The van der Waals surface area contributed by atoms with Gasteiger partial charge in [0.1, 0.15) is 11.3 Å². The van der Waals surface area contributed by atoms with Gasteiger partial charge in [-0.3, -0.25) is 9.48 Å². The number of carbonyl (C=O) groups excluding carboxylic acids is 2. The fraction of sp³-hybridized carbons (Fsp3) is 0.292. The number of aromatic nitrogens is 2. The molecule has 0 unspecified atom stereocenters. The molecule has 31 heavy (non-hydrogen) atoms. The minimum absolute atomic E-state index is 0.381. The van der Waals surface area contributed by atoms with Gasteiger partial charge < -0.3 is 14.8 Å². The van der Waals surface area contributed by atoms with Gasteiger partial charge in [0, 0.05) is 5.69 Å². The molecule has 2 aromatic carbocycles. The molecular weight excluding hydrogens is 394 g/mol. The van der Waals surface area contributed by atoms with Crippen molar-refractivity contribution in [1.82, 2.24) is 9.78 Å². The Morgan fingerprint density at radius 2 is 1.68 bits per heavy atom. The molecule has 7 nitrogen and oxygen atoms in total. The highest BCUT2D eigenvalue weighted by molar-refractivity contribution is 5.96. The number of nitrogens with one attached hydrogen (secondary N) is 1. The fourth-order valence-corrected chi connectivity index (χ4v) is 3.21. The number of amides is 1. The molecule has 3 rings (SSSR count). The second kappa shape index (κ2) is 9.93. The lowest BCUT2D eigenvalue weighted by Gasteiger charge is -2.08. The molecule has 1 heterocycles. The number of hydrogen-bond acceptors (Lipinski definition) is 5. The number of anilines is 1. The fourth-order valence-electron chi connectivity index (χ4n) is 3.21. The maximum atomic E-state index is 12.6. The largest absolute Gasteiger partial charge is 0.494 e. The van der Waals surface area contributed by atoms with Crippen LogP contribution in [0.3, 0.4) is 0 Å². The first-order valence-electron chi connectivity index (χ1n) is 10.2. The van der Waals surface area contributed by atoms with Gasteiger partial charge in [0.2, 0.25) is 0 Å². The van der Waals surface area contributed by atoms with E-state index in [1.165, 1.54) is 5.56 Å². The smallest absolute Gasteiger partial charge is 0.342 e. The molecule has 0 aliphatic rings. The number of ether oxygens (including phenoxy) is 2. The summed E-state index contributed by atoms with van der Waals surface area (Å²) in [6.07, 6.45) is 0. The number of benzene rings is 2. The maximum absolute atomic E-state index is 12.6. The van der Waals surface area contributed by atoms with Crippen molar-refractivity contribution in [3.05, 3.63) is 76.6 Å². The van der Waals surface area contributed by atoms with Crippen molar-refractivity contribution in [1.29, 1.82) is 0 Å². The van der Waals surface area contributed by atoms with Crippen LogP contribution in [0.4, 0.5) is 5.69 Å². The highest BCUT2D eigenvalue weighted by Gasteiger charge is 2.21. The van der Waals surface area contributed by atoms with Crippen LogP contribution in [0, 0.1) is 20.8 Å². The van der Waals surface area contributed by atoms with Crippen molar-refractivity contribution < 1.29 is 19.1 Å². The predicted octanol–water partition coefficient (Wildman–Crippen LogP) is 4.05. The molecule has 0 aliphatic heterocycles. The quantitative estimate of drug-likeness (QED) is 0.555. The monoisotopic (exact) mass is 421 g/mol. The van der Waals surface area contributed by atoms with E-state index in [0.29, 0.717) is 35.8 Å². The van der Waals surface area contributed by atoms with Crippen LogP contribution < -0.4 is 10.1 Å². The Bertz CT molecular complexity index is 1050. The Hall–Kier alpha value is -3.61. The van der Waals surface area contributed by atoms with Gasteiger partial charge in [0.15, 0.2) is 6.61 Å². The van der Waals surface area contributed by atoms with Gasteiger partial charge in [-0.25, -0.2) is 4.79 Å². The third-order valence-electron chi connectivity index (χ3n) is 4.82. The van der Waals surface area contributed by atoms with Crippen LogP contribution in [-0.2, 0) is 16.1 Å². The second-order valence-corrected chi connectivity index (χ2v) is 7.27. The zero-order valence-corrected chi connectivity index (χ0v) is 18.3. The van der Waals surface area contributed by atoms with E-state index in [1.54, 1.807) is 35.9 Å². The van der Waals surface area contributed by atoms with Gasteiger partial charge >= 0.3 is 5.97 Å². The number of carbonyl (C=O) groups is 2. The van der Waals surface area contributed by atoms with E-state index in [1.807, 2.05) is 45.0 Å². The molecule has 1 aromatic heterocycles. The highest BCUT2D eigenvalue weighted by Crippen LogP contribution is 2.17. The summed E-state index contributed by atoms with van der Waals surface area (Å²) in [4.78, 5) is 24.8. The van der Waals surface area contributed by atoms with E-state index in [4.69, 9.17) is 9.47 Å². The van der Waals surface area contributed by atoms with Crippen molar-refractivity contribution in [2.24, 2.45) is 0 Å². The molecule has 1 N–H and O–H groups in total. The molecule has 0 radical (unpaired) electrons. The first-order valence-corrected chi connectivity index (χ1v) is 10.2. The van der Waals surface area contributed by atoms with Gasteiger partial charge in [0.05, 0.1) is 24.5 Å². The molecule has 162 valence electrons. The first kappa shape index (κ1) is 22.1. The predicted molar refractivity (Wildman–Crippen MR) is 119 cm³/mol. The summed E-state index contributed by atoms with van der Waals surface area (Å²) in [5.41, 5.74) is 4.54. The third-order valence-corrected chi connectivity index (χ3v) is 4.82. The molecule has 0 bridgehead atoms. The van der Waals surface area contributed by atoms with E-state index in [2.05, 4.69) is 10.4 Å². The Kier molecular flexibility index (Phi) is 7.07. The van der Waals surface area contributed by atoms with E-state index >= 15 is 0 Å². The van der Waals surface area contributed by atoms with E-state index in [9.17, 15) is 9.59 Å². The summed E-state index contributed by atoms with van der Waals surface area (Å²) in [5, 5.41) is 7.17. The molecule has 0 saturated heterocycles. The number of esters is 1. The van der Waals surface area contributed by atoms with Crippen LogP contribution in [0.15, 0.2) is 48.5 Å².